The highest BCUT2D eigenvalue weighted by Crippen LogP contribution is 2.59. The van der Waals surface area contributed by atoms with Crippen molar-refractivity contribution in [2.45, 2.75) is 46.0 Å². The van der Waals surface area contributed by atoms with Crippen LogP contribution in [0, 0.1) is 51.2 Å². The lowest BCUT2D eigenvalue weighted by atomic mass is 9.48. The average Bonchev–Trinajstić information content (AvgIpc) is 2.51. The molecule has 0 radical (unpaired) electrons. The van der Waals surface area contributed by atoms with Crippen molar-refractivity contribution in [2.75, 3.05) is 0 Å². The zero-order chi connectivity index (χ0) is 16.0. The molecule has 3 heteroatoms. The number of hydrogen-bond donors (Lipinski definition) is 0. The van der Waals surface area contributed by atoms with Gasteiger partial charge in [0.15, 0.2) is 5.78 Å². The van der Waals surface area contributed by atoms with Crippen LogP contribution >= 0.6 is 0 Å². The summed E-state index contributed by atoms with van der Waals surface area (Å²) in [6.07, 6.45) is 9.88. The van der Waals surface area contributed by atoms with Gasteiger partial charge < -0.3 is 0 Å². The van der Waals surface area contributed by atoms with E-state index in [2.05, 4.69) is 31.2 Å². The van der Waals surface area contributed by atoms with E-state index in [4.69, 9.17) is 0 Å². The standard InChI is InChI=1S/C19H22N2O/c1-18(12-21)8-6-17-15(16(18)7-10-20)4-3-13-11-14(22)5-9-19(13,17)2/h3-4,11,15-17H,5-9H2,1-2H3/t15-,16?,17-,18+,19-/m0/s1. The van der Waals surface area contributed by atoms with Gasteiger partial charge in [0.05, 0.1) is 17.6 Å². The maximum atomic E-state index is 11.7. The lowest BCUT2D eigenvalue weighted by Crippen LogP contribution is -2.48. The molecule has 0 aromatic carbocycles. The van der Waals surface area contributed by atoms with Crippen LogP contribution in [0.25, 0.3) is 0 Å². The first-order valence-corrected chi connectivity index (χ1v) is 8.16. The molecule has 0 amide bonds. The molecule has 0 aromatic heterocycles. The van der Waals surface area contributed by atoms with Gasteiger partial charge >= 0.3 is 0 Å². The Morgan fingerprint density at radius 2 is 2.09 bits per heavy atom. The van der Waals surface area contributed by atoms with E-state index in [-0.39, 0.29) is 23.0 Å². The summed E-state index contributed by atoms with van der Waals surface area (Å²) >= 11 is 0. The van der Waals surface area contributed by atoms with Crippen LogP contribution in [0.15, 0.2) is 23.8 Å². The first kappa shape index (κ1) is 15.0. The molecule has 0 spiro atoms. The predicted molar refractivity (Wildman–Crippen MR) is 83.2 cm³/mol. The van der Waals surface area contributed by atoms with E-state index < -0.39 is 5.41 Å². The summed E-state index contributed by atoms with van der Waals surface area (Å²) in [5.74, 6) is 1.03. The summed E-state index contributed by atoms with van der Waals surface area (Å²) < 4.78 is 0. The van der Waals surface area contributed by atoms with Gasteiger partial charge in [0.25, 0.3) is 0 Å². The van der Waals surface area contributed by atoms with Crippen molar-refractivity contribution in [3.05, 3.63) is 23.8 Å². The largest absolute Gasteiger partial charge is 0.295 e. The monoisotopic (exact) mass is 294 g/mol. The average molecular weight is 294 g/mol. The zero-order valence-corrected chi connectivity index (χ0v) is 13.3. The Morgan fingerprint density at radius 1 is 1.32 bits per heavy atom. The van der Waals surface area contributed by atoms with Crippen molar-refractivity contribution >= 4 is 5.78 Å². The molecule has 3 rings (SSSR count). The van der Waals surface area contributed by atoms with Crippen molar-refractivity contribution in [1.29, 1.82) is 10.5 Å². The molecular formula is C19H22N2O. The first-order valence-electron chi connectivity index (χ1n) is 8.16. The molecule has 3 nitrogen and oxygen atoms in total. The molecule has 1 saturated carbocycles. The van der Waals surface area contributed by atoms with E-state index in [1.54, 1.807) is 0 Å². The lowest BCUT2D eigenvalue weighted by Gasteiger charge is -2.54. The molecule has 1 unspecified atom stereocenters. The Bertz CT molecular complexity index is 647. The van der Waals surface area contributed by atoms with Gasteiger partial charge in [-0.1, -0.05) is 19.1 Å². The van der Waals surface area contributed by atoms with Crippen LogP contribution in [0.1, 0.15) is 46.0 Å². The van der Waals surface area contributed by atoms with Gasteiger partial charge in [0.1, 0.15) is 0 Å². The van der Waals surface area contributed by atoms with E-state index in [0.717, 1.165) is 24.8 Å². The Morgan fingerprint density at radius 3 is 2.77 bits per heavy atom. The Kier molecular flexibility index (Phi) is 3.48. The Labute approximate surface area is 132 Å². The minimum atomic E-state index is -0.413. The van der Waals surface area contributed by atoms with Crippen LogP contribution < -0.4 is 0 Å². The molecule has 0 aliphatic heterocycles. The first-order chi connectivity index (χ1) is 10.4. The molecule has 0 N–H and O–H groups in total. The molecule has 1 fully saturated rings. The quantitative estimate of drug-likeness (QED) is 0.735. The van der Waals surface area contributed by atoms with Gasteiger partial charge in [0.2, 0.25) is 0 Å². The third-order valence-corrected chi connectivity index (χ3v) is 6.47. The minimum absolute atomic E-state index is 0.0256. The lowest BCUT2D eigenvalue weighted by molar-refractivity contribution is -0.116. The highest BCUT2D eigenvalue weighted by molar-refractivity contribution is 5.92. The number of allylic oxidation sites excluding steroid dienone is 4. The van der Waals surface area contributed by atoms with Gasteiger partial charge in [-0.25, -0.2) is 0 Å². The van der Waals surface area contributed by atoms with Crippen molar-refractivity contribution < 1.29 is 4.79 Å². The molecule has 0 saturated heterocycles. The second kappa shape index (κ2) is 5.10. The van der Waals surface area contributed by atoms with E-state index in [1.165, 1.54) is 0 Å². The van der Waals surface area contributed by atoms with Crippen LogP contribution in [0.3, 0.4) is 0 Å². The molecule has 3 aliphatic carbocycles. The van der Waals surface area contributed by atoms with Crippen LogP contribution in [-0.4, -0.2) is 5.78 Å². The van der Waals surface area contributed by atoms with Crippen LogP contribution in [0.5, 0.6) is 0 Å². The fourth-order valence-corrected chi connectivity index (χ4v) is 4.94. The minimum Gasteiger partial charge on any atom is -0.295 e. The number of carbonyl (C=O) groups is 1. The predicted octanol–water partition coefficient (Wildman–Crippen LogP) is 3.94. The normalized spacial score (nSPS) is 43.4. The summed E-state index contributed by atoms with van der Waals surface area (Å²) in [6.45, 7) is 4.28. The highest BCUT2D eigenvalue weighted by atomic mass is 16.1. The van der Waals surface area contributed by atoms with Crippen LogP contribution in [-0.2, 0) is 4.79 Å². The molecular weight excluding hydrogens is 272 g/mol. The number of nitrogens with zero attached hydrogens (tertiary/aromatic N) is 2. The SMILES string of the molecule is C[C@]1(C#N)CC[C@H]2[C@@H](C=CC3=CC(=O)CC[C@@]32C)C1CC#N. The number of hydrogen-bond acceptors (Lipinski definition) is 3. The Hall–Kier alpha value is -1.87. The number of ketones is 1. The van der Waals surface area contributed by atoms with Crippen LogP contribution in [0.2, 0.25) is 0 Å². The molecule has 114 valence electrons. The molecule has 22 heavy (non-hydrogen) atoms. The number of rotatable bonds is 1. The molecule has 0 bridgehead atoms. The van der Waals surface area contributed by atoms with Crippen LogP contribution in [0.4, 0.5) is 0 Å². The maximum Gasteiger partial charge on any atom is 0.156 e. The number of carbonyl (C=O) groups excluding carboxylic acids is 1. The summed E-state index contributed by atoms with van der Waals surface area (Å²) in [7, 11) is 0. The summed E-state index contributed by atoms with van der Waals surface area (Å²) in [6, 6.07) is 4.78. The fourth-order valence-electron chi connectivity index (χ4n) is 4.94. The van der Waals surface area contributed by atoms with Gasteiger partial charge in [-0.3, -0.25) is 4.79 Å². The number of nitriles is 2. The topological polar surface area (TPSA) is 64.7 Å². The third kappa shape index (κ3) is 2.03. The summed E-state index contributed by atoms with van der Waals surface area (Å²) in [4.78, 5) is 11.7. The molecule has 0 heterocycles. The Balaban J connectivity index is 2.04. The van der Waals surface area contributed by atoms with Crippen molar-refractivity contribution in [1.82, 2.24) is 0 Å². The van der Waals surface area contributed by atoms with Gasteiger partial charge in [-0.2, -0.15) is 10.5 Å². The van der Waals surface area contributed by atoms with E-state index in [9.17, 15) is 15.3 Å². The molecule has 0 aromatic rings. The smallest absolute Gasteiger partial charge is 0.156 e. The van der Waals surface area contributed by atoms with Crippen molar-refractivity contribution in [3.63, 3.8) is 0 Å². The van der Waals surface area contributed by atoms with E-state index in [1.807, 2.05) is 13.0 Å². The van der Waals surface area contributed by atoms with E-state index in [0.29, 0.717) is 18.8 Å². The van der Waals surface area contributed by atoms with Crippen molar-refractivity contribution in [2.24, 2.45) is 28.6 Å². The van der Waals surface area contributed by atoms with Gasteiger partial charge in [-0.05, 0) is 61.0 Å². The molecule has 5 atom stereocenters. The molecule has 3 aliphatic rings. The zero-order valence-electron chi connectivity index (χ0n) is 13.3. The van der Waals surface area contributed by atoms with Crippen molar-refractivity contribution in [3.8, 4) is 12.1 Å². The third-order valence-electron chi connectivity index (χ3n) is 6.47. The van der Waals surface area contributed by atoms with Gasteiger partial charge in [0, 0.05) is 12.8 Å². The highest BCUT2D eigenvalue weighted by Gasteiger charge is 2.53. The maximum absolute atomic E-state index is 11.7. The second-order valence-electron chi connectivity index (χ2n) is 7.56. The van der Waals surface area contributed by atoms with Gasteiger partial charge in [-0.15, -0.1) is 0 Å². The number of fused-ring (bicyclic) bond motifs is 3. The fraction of sp³-hybridized carbons (Fsp3) is 0.632. The summed E-state index contributed by atoms with van der Waals surface area (Å²) in [5.41, 5.74) is 0.766. The van der Waals surface area contributed by atoms with E-state index >= 15 is 0 Å². The second-order valence-corrected chi connectivity index (χ2v) is 7.56. The summed E-state index contributed by atoms with van der Waals surface area (Å²) in [5, 5.41) is 18.9.